The molecule has 2 aromatic rings. The number of benzene rings is 1. The first kappa shape index (κ1) is 16.8. The van der Waals surface area contributed by atoms with Crippen LogP contribution < -0.4 is 10.9 Å². The summed E-state index contributed by atoms with van der Waals surface area (Å²) < 4.78 is 27.6. The monoisotopic (exact) mass is 323 g/mol. The van der Waals surface area contributed by atoms with Crippen LogP contribution in [0.2, 0.25) is 0 Å². The zero-order valence-corrected chi connectivity index (χ0v) is 12.5. The summed E-state index contributed by atoms with van der Waals surface area (Å²) >= 11 is 0. The highest BCUT2D eigenvalue weighted by Gasteiger charge is 2.27. The maximum atomic E-state index is 13.7. The summed E-state index contributed by atoms with van der Waals surface area (Å²) in [5, 5.41) is 16.5. The Bertz CT molecular complexity index is 803. The lowest BCUT2D eigenvalue weighted by Crippen LogP contribution is -2.40. The molecule has 0 fully saturated rings. The molecule has 8 heteroatoms. The molecule has 1 amide bonds. The first-order valence-electron chi connectivity index (χ1n) is 6.71. The number of carbonyl (C=O) groups excluding carboxylic acids is 1. The second-order valence-electron chi connectivity index (χ2n) is 5.26. The third-order valence-corrected chi connectivity index (χ3v) is 3.30. The average Bonchev–Trinajstić information content (AvgIpc) is 2.47. The number of halogens is 2. The van der Waals surface area contributed by atoms with E-state index >= 15 is 0 Å². The Labute approximate surface area is 130 Å². The lowest BCUT2D eigenvalue weighted by atomic mass is 9.95. The highest BCUT2D eigenvalue weighted by Crippen LogP contribution is 2.23. The van der Waals surface area contributed by atoms with Gasteiger partial charge in [0.05, 0.1) is 6.54 Å². The molecule has 1 heterocycles. The maximum Gasteiger partial charge on any atom is 0.271 e. The van der Waals surface area contributed by atoms with Crippen molar-refractivity contribution in [2.45, 2.75) is 12.5 Å². The SMILES string of the molecule is Cn1nc(C(=O)NCC(C)(O)c2ccc(F)cc2F)ccc1=O. The lowest BCUT2D eigenvalue weighted by molar-refractivity contribution is 0.0492. The average molecular weight is 323 g/mol. The van der Waals surface area contributed by atoms with E-state index in [0.717, 1.165) is 16.8 Å². The van der Waals surface area contributed by atoms with Crippen molar-refractivity contribution < 1.29 is 18.7 Å². The Morgan fingerprint density at radius 3 is 2.65 bits per heavy atom. The van der Waals surface area contributed by atoms with E-state index < -0.39 is 23.1 Å². The fourth-order valence-corrected chi connectivity index (χ4v) is 1.99. The molecule has 1 unspecified atom stereocenters. The molecule has 122 valence electrons. The number of rotatable bonds is 4. The number of carbonyl (C=O) groups is 1. The van der Waals surface area contributed by atoms with Crippen molar-refractivity contribution in [3.8, 4) is 0 Å². The van der Waals surface area contributed by atoms with Gasteiger partial charge in [-0.15, -0.1) is 0 Å². The summed E-state index contributed by atoms with van der Waals surface area (Å²) in [6.45, 7) is 0.969. The molecule has 0 aliphatic carbocycles. The topological polar surface area (TPSA) is 84.2 Å². The molecule has 0 saturated carbocycles. The summed E-state index contributed by atoms with van der Waals surface area (Å²) in [5.41, 5.74) is -2.29. The third-order valence-electron chi connectivity index (χ3n) is 3.30. The van der Waals surface area contributed by atoms with Gasteiger partial charge in [0.2, 0.25) is 0 Å². The van der Waals surface area contributed by atoms with Gasteiger partial charge in [-0.3, -0.25) is 9.59 Å². The van der Waals surface area contributed by atoms with E-state index in [1.165, 1.54) is 26.1 Å². The summed E-state index contributed by atoms with van der Waals surface area (Å²) in [6, 6.07) is 5.20. The second-order valence-corrected chi connectivity index (χ2v) is 5.26. The number of nitrogens with one attached hydrogen (secondary N) is 1. The molecule has 2 rings (SSSR count). The number of hydrogen-bond donors (Lipinski definition) is 2. The molecule has 0 saturated heterocycles. The van der Waals surface area contributed by atoms with Crippen LogP contribution in [0.3, 0.4) is 0 Å². The van der Waals surface area contributed by atoms with Gasteiger partial charge in [-0.25, -0.2) is 13.5 Å². The van der Waals surface area contributed by atoms with Crippen LogP contribution in [-0.2, 0) is 12.6 Å². The Kier molecular flexibility index (Phi) is 4.55. The smallest absolute Gasteiger partial charge is 0.271 e. The minimum atomic E-state index is -1.74. The predicted octanol–water partition coefficient (Wildman–Crippen LogP) is 0.696. The van der Waals surface area contributed by atoms with Gasteiger partial charge in [-0.1, -0.05) is 6.07 Å². The van der Waals surface area contributed by atoms with Crippen LogP contribution in [0, 0.1) is 11.6 Å². The molecule has 0 radical (unpaired) electrons. The van der Waals surface area contributed by atoms with Crippen molar-refractivity contribution in [3.63, 3.8) is 0 Å². The standard InChI is InChI=1S/C15H15F2N3O3/c1-15(23,10-4-3-9(16)7-11(10)17)8-18-14(22)12-5-6-13(21)20(2)19-12/h3-7,23H,8H2,1-2H3,(H,18,22). The van der Waals surface area contributed by atoms with Crippen molar-refractivity contribution in [1.82, 2.24) is 15.1 Å². The molecule has 1 aromatic heterocycles. The minimum Gasteiger partial charge on any atom is -0.383 e. The number of aliphatic hydroxyl groups is 1. The number of nitrogens with zero attached hydrogens (tertiary/aromatic N) is 2. The van der Waals surface area contributed by atoms with Crippen LogP contribution in [0.15, 0.2) is 35.1 Å². The van der Waals surface area contributed by atoms with E-state index in [-0.39, 0.29) is 23.4 Å². The summed E-state index contributed by atoms with van der Waals surface area (Å²) in [5.74, 6) is -2.31. The largest absolute Gasteiger partial charge is 0.383 e. The third kappa shape index (κ3) is 3.78. The van der Waals surface area contributed by atoms with Gasteiger partial charge >= 0.3 is 0 Å². The zero-order chi connectivity index (χ0) is 17.2. The van der Waals surface area contributed by atoms with E-state index in [1.807, 2.05) is 0 Å². The Morgan fingerprint density at radius 2 is 2.04 bits per heavy atom. The van der Waals surface area contributed by atoms with Crippen LogP contribution in [-0.4, -0.2) is 27.3 Å². The lowest BCUT2D eigenvalue weighted by Gasteiger charge is -2.24. The van der Waals surface area contributed by atoms with Gasteiger partial charge in [0.1, 0.15) is 22.9 Å². The van der Waals surface area contributed by atoms with Crippen molar-refractivity contribution in [2.75, 3.05) is 6.54 Å². The Hall–Kier alpha value is -2.61. The van der Waals surface area contributed by atoms with E-state index in [1.54, 1.807) is 0 Å². The van der Waals surface area contributed by atoms with Crippen LogP contribution in [0.25, 0.3) is 0 Å². The first-order valence-corrected chi connectivity index (χ1v) is 6.71. The summed E-state index contributed by atoms with van der Waals surface area (Å²) in [7, 11) is 1.39. The van der Waals surface area contributed by atoms with E-state index in [0.29, 0.717) is 6.07 Å². The fraction of sp³-hybridized carbons (Fsp3) is 0.267. The van der Waals surface area contributed by atoms with Crippen molar-refractivity contribution >= 4 is 5.91 Å². The van der Waals surface area contributed by atoms with Gasteiger partial charge < -0.3 is 10.4 Å². The molecule has 0 aliphatic rings. The van der Waals surface area contributed by atoms with E-state index in [2.05, 4.69) is 10.4 Å². The summed E-state index contributed by atoms with van der Waals surface area (Å²) in [4.78, 5) is 23.2. The highest BCUT2D eigenvalue weighted by atomic mass is 19.1. The molecule has 1 aromatic carbocycles. The number of amides is 1. The van der Waals surface area contributed by atoms with Gasteiger partial charge in [0.15, 0.2) is 0 Å². The van der Waals surface area contributed by atoms with Crippen molar-refractivity contribution in [1.29, 1.82) is 0 Å². The van der Waals surface area contributed by atoms with Gasteiger partial charge in [-0.05, 0) is 19.1 Å². The van der Waals surface area contributed by atoms with Crippen LogP contribution in [0.4, 0.5) is 8.78 Å². The minimum absolute atomic E-state index is 0.0255. The molecule has 6 nitrogen and oxygen atoms in total. The van der Waals surface area contributed by atoms with Gasteiger partial charge in [-0.2, -0.15) is 5.10 Å². The van der Waals surface area contributed by atoms with Crippen LogP contribution in [0.1, 0.15) is 23.0 Å². The number of aromatic nitrogens is 2. The highest BCUT2D eigenvalue weighted by molar-refractivity contribution is 5.92. The van der Waals surface area contributed by atoms with Crippen molar-refractivity contribution in [2.24, 2.45) is 7.05 Å². The first-order chi connectivity index (χ1) is 10.7. The summed E-state index contributed by atoms with van der Waals surface area (Å²) in [6.07, 6.45) is 0. The molecular weight excluding hydrogens is 308 g/mol. The molecule has 1 atom stereocenters. The normalized spacial score (nSPS) is 13.4. The Balaban J connectivity index is 2.13. The van der Waals surface area contributed by atoms with Gasteiger partial charge in [0, 0.05) is 24.7 Å². The van der Waals surface area contributed by atoms with E-state index in [4.69, 9.17) is 0 Å². The number of hydrogen-bond acceptors (Lipinski definition) is 4. The second kappa shape index (κ2) is 6.25. The van der Waals surface area contributed by atoms with Gasteiger partial charge in [0.25, 0.3) is 11.5 Å². The molecule has 0 bridgehead atoms. The number of aryl methyl sites for hydroxylation is 1. The quantitative estimate of drug-likeness (QED) is 0.867. The molecular formula is C15H15F2N3O3. The van der Waals surface area contributed by atoms with Crippen LogP contribution >= 0.6 is 0 Å². The molecule has 2 N–H and O–H groups in total. The molecule has 0 aliphatic heterocycles. The molecule has 23 heavy (non-hydrogen) atoms. The van der Waals surface area contributed by atoms with Crippen molar-refractivity contribution in [3.05, 3.63) is 63.6 Å². The molecule has 0 spiro atoms. The van der Waals surface area contributed by atoms with Crippen LogP contribution in [0.5, 0.6) is 0 Å². The Morgan fingerprint density at radius 1 is 1.35 bits per heavy atom. The maximum absolute atomic E-state index is 13.7. The predicted molar refractivity (Wildman–Crippen MR) is 77.7 cm³/mol. The zero-order valence-electron chi connectivity index (χ0n) is 12.5. The van der Waals surface area contributed by atoms with E-state index in [9.17, 15) is 23.5 Å². The fourth-order valence-electron chi connectivity index (χ4n) is 1.99.